The Hall–Kier alpha value is -1.99. The van der Waals surface area contributed by atoms with Crippen molar-refractivity contribution in [3.63, 3.8) is 0 Å². The molecule has 0 aliphatic rings. The average Bonchev–Trinajstić information content (AvgIpc) is 2.92. The topological polar surface area (TPSA) is 81.9 Å². The highest BCUT2D eigenvalue weighted by Crippen LogP contribution is 2.13. The van der Waals surface area contributed by atoms with Crippen molar-refractivity contribution in [3.05, 3.63) is 35.1 Å². The number of ether oxygens (including phenoxy) is 1. The Labute approximate surface area is 120 Å². The van der Waals surface area contributed by atoms with Gasteiger partial charge in [0.2, 0.25) is 5.91 Å². The quantitative estimate of drug-likeness (QED) is 0.858. The van der Waals surface area contributed by atoms with E-state index in [0.717, 1.165) is 5.69 Å². The van der Waals surface area contributed by atoms with Crippen LogP contribution in [0.4, 0.5) is 0 Å². The van der Waals surface area contributed by atoms with E-state index in [1.54, 1.807) is 24.3 Å². The summed E-state index contributed by atoms with van der Waals surface area (Å²) in [6.45, 7) is 2.57. The Kier molecular flexibility index (Phi) is 5.03. The van der Waals surface area contributed by atoms with Gasteiger partial charge in [0.25, 0.3) is 0 Å². The molecule has 0 radical (unpaired) electrons. The van der Waals surface area contributed by atoms with Gasteiger partial charge in [-0.05, 0) is 41.6 Å². The molecule has 7 nitrogen and oxygen atoms in total. The fourth-order valence-corrected chi connectivity index (χ4v) is 1.65. The van der Waals surface area contributed by atoms with E-state index in [9.17, 15) is 4.79 Å². The molecule has 0 unspecified atom stereocenters. The van der Waals surface area contributed by atoms with Crippen LogP contribution in [-0.4, -0.2) is 39.3 Å². The lowest BCUT2D eigenvalue weighted by atomic mass is 10.3. The minimum Gasteiger partial charge on any atom is -0.372 e. The molecule has 1 aromatic carbocycles. The van der Waals surface area contributed by atoms with Gasteiger partial charge in [-0.25, -0.2) is 0 Å². The van der Waals surface area contributed by atoms with E-state index >= 15 is 0 Å². The maximum absolute atomic E-state index is 11.5. The van der Waals surface area contributed by atoms with Crippen LogP contribution in [0.3, 0.4) is 0 Å². The summed E-state index contributed by atoms with van der Waals surface area (Å²) in [6, 6.07) is 7.08. The van der Waals surface area contributed by atoms with Gasteiger partial charge in [0.05, 0.1) is 12.2 Å². The number of hydrogen-bond donors (Lipinski definition) is 1. The number of nitrogens with one attached hydrogen (secondary N) is 1. The molecule has 0 fully saturated rings. The van der Waals surface area contributed by atoms with Crippen molar-refractivity contribution >= 4 is 17.5 Å². The zero-order valence-electron chi connectivity index (χ0n) is 10.9. The molecule has 2 rings (SSSR count). The van der Waals surface area contributed by atoms with Crippen LogP contribution >= 0.6 is 11.6 Å². The number of carbonyl (C=O) groups excluding carboxylic acids is 1. The fourth-order valence-electron chi connectivity index (χ4n) is 1.52. The van der Waals surface area contributed by atoms with Crippen molar-refractivity contribution < 1.29 is 9.53 Å². The Morgan fingerprint density at radius 3 is 2.85 bits per heavy atom. The molecule has 1 amide bonds. The molecule has 0 spiro atoms. The molecule has 1 N–H and O–H groups in total. The molecule has 1 heterocycles. The number of carbonyl (C=O) groups is 1. The van der Waals surface area contributed by atoms with Crippen LogP contribution in [0.25, 0.3) is 5.69 Å². The van der Waals surface area contributed by atoms with Gasteiger partial charge >= 0.3 is 0 Å². The monoisotopic (exact) mass is 295 g/mol. The highest BCUT2D eigenvalue weighted by molar-refractivity contribution is 6.30. The first-order chi connectivity index (χ1) is 9.70. The highest BCUT2D eigenvalue weighted by atomic mass is 35.5. The second-order valence-corrected chi connectivity index (χ2v) is 4.33. The first-order valence-corrected chi connectivity index (χ1v) is 6.46. The largest absolute Gasteiger partial charge is 0.372 e. The fraction of sp³-hybridized carbons (Fsp3) is 0.333. The average molecular weight is 296 g/mol. The lowest BCUT2D eigenvalue weighted by Crippen LogP contribution is -2.28. The SMILES string of the molecule is CCOCC(=O)NCc1nnnn1-c1ccc(Cl)cc1. The number of amides is 1. The van der Waals surface area contributed by atoms with E-state index in [1.165, 1.54) is 4.68 Å². The number of benzene rings is 1. The second-order valence-electron chi connectivity index (χ2n) is 3.90. The summed E-state index contributed by atoms with van der Waals surface area (Å²) in [4.78, 5) is 11.5. The van der Waals surface area contributed by atoms with Crippen LogP contribution in [0.1, 0.15) is 12.7 Å². The van der Waals surface area contributed by atoms with Crippen molar-refractivity contribution in [3.8, 4) is 5.69 Å². The van der Waals surface area contributed by atoms with Gasteiger partial charge in [0, 0.05) is 11.6 Å². The summed E-state index contributed by atoms with van der Waals surface area (Å²) in [7, 11) is 0. The standard InChI is InChI=1S/C12H14ClN5O2/c1-2-20-8-12(19)14-7-11-15-16-17-18(11)10-5-3-9(13)4-6-10/h3-6H,2,7-8H2,1H3,(H,14,19). The molecule has 0 saturated carbocycles. The lowest BCUT2D eigenvalue weighted by molar-refractivity contribution is -0.125. The van der Waals surface area contributed by atoms with E-state index in [1.807, 2.05) is 6.92 Å². The van der Waals surface area contributed by atoms with Crippen LogP contribution in [-0.2, 0) is 16.1 Å². The Morgan fingerprint density at radius 2 is 2.15 bits per heavy atom. The number of tetrazole rings is 1. The molecule has 2 aromatic rings. The van der Waals surface area contributed by atoms with Gasteiger partial charge < -0.3 is 10.1 Å². The summed E-state index contributed by atoms with van der Waals surface area (Å²) in [5.74, 6) is 0.315. The van der Waals surface area contributed by atoms with Crippen molar-refractivity contribution in [2.75, 3.05) is 13.2 Å². The molecular formula is C12H14ClN5O2. The van der Waals surface area contributed by atoms with Crippen molar-refractivity contribution in [1.29, 1.82) is 0 Å². The molecule has 8 heteroatoms. The summed E-state index contributed by atoms with van der Waals surface area (Å²) in [6.07, 6.45) is 0. The van der Waals surface area contributed by atoms with E-state index in [4.69, 9.17) is 16.3 Å². The first-order valence-electron chi connectivity index (χ1n) is 6.08. The molecule has 106 valence electrons. The van der Waals surface area contributed by atoms with Crippen LogP contribution in [0, 0.1) is 0 Å². The summed E-state index contributed by atoms with van der Waals surface area (Å²) in [5, 5.41) is 14.7. The number of nitrogens with zero attached hydrogens (tertiary/aromatic N) is 4. The van der Waals surface area contributed by atoms with Gasteiger partial charge in [-0.15, -0.1) is 5.10 Å². The summed E-state index contributed by atoms with van der Waals surface area (Å²) >= 11 is 5.83. The van der Waals surface area contributed by atoms with E-state index in [0.29, 0.717) is 17.5 Å². The second kappa shape index (κ2) is 6.97. The number of hydrogen-bond acceptors (Lipinski definition) is 5. The number of halogens is 1. The number of aromatic nitrogens is 4. The summed E-state index contributed by atoms with van der Waals surface area (Å²) in [5.41, 5.74) is 0.772. The lowest BCUT2D eigenvalue weighted by Gasteiger charge is -2.06. The van der Waals surface area contributed by atoms with Gasteiger partial charge in [0.1, 0.15) is 6.61 Å². The predicted octanol–water partition coefficient (Wildman–Crippen LogP) is 0.968. The Bertz CT molecular complexity index is 569. The number of rotatable bonds is 6. The Morgan fingerprint density at radius 1 is 1.40 bits per heavy atom. The Balaban J connectivity index is 2.02. The van der Waals surface area contributed by atoms with Crippen molar-refractivity contribution in [2.24, 2.45) is 0 Å². The van der Waals surface area contributed by atoms with Gasteiger partial charge in [-0.3, -0.25) is 4.79 Å². The van der Waals surface area contributed by atoms with Crippen LogP contribution in [0.5, 0.6) is 0 Å². The molecular weight excluding hydrogens is 282 g/mol. The van der Waals surface area contributed by atoms with Crippen LogP contribution in [0.2, 0.25) is 5.02 Å². The maximum atomic E-state index is 11.5. The van der Waals surface area contributed by atoms with Crippen molar-refractivity contribution in [2.45, 2.75) is 13.5 Å². The highest BCUT2D eigenvalue weighted by Gasteiger charge is 2.09. The van der Waals surface area contributed by atoms with Gasteiger partial charge in [-0.2, -0.15) is 4.68 Å². The first kappa shape index (κ1) is 14.4. The zero-order chi connectivity index (χ0) is 14.4. The minimum absolute atomic E-state index is 0.0268. The third-order valence-electron chi connectivity index (χ3n) is 2.49. The molecule has 0 atom stereocenters. The van der Waals surface area contributed by atoms with Gasteiger partial charge in [0.15, 0.2) is 5.82 Å². The zero-order valence-corrected chi connectivity index (χ0v) is 11.7. The van der Waals surface area contributed by atoms with Gasteiger partial charge in [-0.1, -0.05) is 11.6 Å². The summed E-state index contributed by atoms with van der Waals surface area (Å²) < 4.78 is 6.55. The van der Waals surface area contributed by atoms with E-state index in [-0.39, 0.29) is 19.1 Å². The third-order valence-corrected chi connectivity index (χ3v) is 2.74. The van der Waals surface area contributed by atoms with Crippen LogP contribution < -0.4 is 5.32 Å². The predicted molar refractivity (Wildman–Crippen MR) is 72.5 cm³/mol. The molecule has 20 heavy (non-hydrogen) atoms. The molecule has 1 aromatic heterocycles. The maximum Gasteiger partial charge on any atom is 0.246 e. The molecule has 0 aliphatic carbocycles. The molecule has 0 bridgehead atoms. The third kappa shape index (κ3) is 3.75. The normalized spacial score (nSPS) is 10.5. The van der Waals surface area contributed by atoms with E-state index < -0.39 is 0 Å². The molecule has 0 saturated heterocycles. The van der Waals surface area contributed by atoms with Crippen molar-refractivity contribution in [1.82, 2.24) is 25.5 Å². The smallest absolute Gasteiger partial charge is 0.246 e. The minimum atomic E-state index is -0.211. The molecule has 0 aliphatic heterocycles. The van der Waals surface area contributed by atoms with Crippen LogP contribution in [0.15, 0.2) is 24.3 Å². The van der Waals surface area contributed by atoms with E-state index in [2.05, 4.69) is 20.8 Å².